The van der Waals surface area contributed by atoms with Gasteiger partial charge in [-0.2, -0.15) is 0 Å². The molecule has 12 heteroatoms. The van der Waals surface area contributed by atoms with E-state index >= 15 is 0 Å². The van der Waals surface area contributed by atoms with Gasteiger partial charge in [-0.3, -0.25) is 0 Å². The lowest BCUT2D eigenvalue weighted by Gasteiger charge is -2.22. The van der Waals surface area contributed by atoms with Crippen molar-refractivity contribution >= 4 is 34.9 Å². The summed E-state index contributed by atoms with van der Waals surface area (Å²) in [6, 6.07) is 7.21. The van der Waals surface area contributed by atoms with Gasteiger partial charge in [-0.1, -0.05) is 49.6 Å². The second kappa shape index (κ2) is 17.4. The zero-order valence-corrected chi connectivity index (χ0v) is 25.0. The van der Waals surface area contributed by atoms with Gasteiger partial charge in [0.25, 0.3) is 0 Å². The summed E-state index contributed by atoms with van der Waals surface area (Å²) in [7, 11) is 0. The molecule has 236 valence electrons. The van der Waals surface area contributed by atoms with E-state index < -0.39 is 24.1 Å². The molecule has 0 saturated carbocycles. The molecule has 2 N–H and O–H groups in total. The zero-order chi connectivity index (χ0) is 31.9. The number of benzene rings is 2. The van der Waals surface area contributed by atoms with E-state index in [1.54, 1.807) is 26.0 Å². The van der Waals surface area contributed by atoms with E-state index in [1.165, 1.54) is 0 Å². The molecule has 0 fully saturated rings. The van der Waals surface area contributed by atoms with Gasteiger partial charge in [0.2, 0.25) is 0 Å². The number of hydrogen-bond donors (Lipinski definition) is 2. The third-order valence-corrected chi connectivity index (χ3v) is 6.18. The van der Waals surface area contributed by atoms with Gasteiger partial charge < -0.3 is 39.1 Å². The maximum absolute atomic E-state index is 12.7. The summed E-state index contributed by atoms with van der Waals surface area (Å²) in [6.45, 7) is 11.4. The molecule has 1 aliphatic rings. The minimum atomic E-state index is -0.662. The molecule has 0 saturated heterocycles. The van der Waals surface area contributed by atoms with Crippen LogP contribution in [0.15, 0.2) is 60.7 Å². The van der Waals surface area contributed by atoms with Gasteiger partial charge in [-0.15, -0.1) is 0 Å². The fourth-order valence-electron chi connectivity index (χ4n) is 4.09. The van der Waals surface area contributed by atoms with Crippen molar-refractivity contribution < 1.29 is 47.6 Å². The Kier molecular flexibility index (Phi) is 13.4. The number of carbonyl (C=O) groups excluding carboxylic acids is 4. The van der Waals surface area contributed by atoms with Crippen LogP contribution < -0.4 is 20.1 Å². The van der Waals surface area contributed by atoms with E-state index in [4.69, 9.17) is 28.4 Å². The standard InChI is InChI=1S/C32H38N2O10/c1-21(2)29(35)41-19-17-39-15-13-33-31(37)43-27-23-9-5-7-11-25(23)28(26-12-8-6-10-24(26)27)44-32(38)34-14-16-40-18-20-42-30(36)22(3)4/h5-9,11H,1,3,10,12-20H2,2,4H3,(H,33,37)(H,34,38). The highest BCUT2D eigenvalue weighted by molar-refractivity contribution is 5.99. The smallest absolute Gasteiger partial charge is 0.412 e. The number of carbonyl (C=O) groups is 4. The van der Waals surface area contributed by atoms with Gasteiger partial charge >= 0.3 is 24.1 Å². The number of amides is 2. The summed E-state index contributed by atoms with van der Waals surface area (Å²) < 4.78 is 32.2. The van der Waals surface area contributed by atoms with Crippen LogP contribution in [0.4, 0.5) is 9.59 Å². The largest absolute Gasteiger partial charge is 0.460 e. The monoisotopic (exact) mass is 610 g/mol. The number of fused-ring (bicyclic) bond motifs is 2. The van der Waals surface area contributed by atoms with Crippen molar-refractivity contribution in [1.29, 1.82) is 0 Å². The molecule has 3 rings (SSSR count). The first-order valence-electron chi connectivity index (χ1n) is 14.1. The number of esters is 2. The third-order valence-electron chi connectivity index (χ3n) is 6.18. The first-order chi connectivity index (χ1) is 21.2. The Labute approximate surface area is 255 Å². The normalized spacial score (nSPS) is 11.7. The highest BCUT2D eigenvalue weighted by atomic mass is 16.6. The molecule has 0 heterocycles. The Bertz CT molecular complexity index is 1310. The Morgan fingerprint density at radius 2 is 1.07 bits per heavy atom. The third kappa shape index (κ3) is 10.2. The van der Waals surface area contributed by atoms with Crippen molar-refractivity contribution in [3.05, 3.63) is 71.8 Å². The molecule has 2 aromatic carbocycles. The summed E-state index contributed by atoms with van der Waals surface area (Å²) in [5, 5.41) is 6.54. The molecule has 0 radical (unpaired) electrons. The quantitative estimate of drug-likeness (QED) is 0.124. The lowest BCUT2D eigenvalue weighted by molar-refractivity contribution is -0.141. The topological polar surface area (TPSA) is 148 Å². The van der Waals surface area contributed by atoms with Crippen LogP contribution in [0, 0.1) is 0 Å². The molecule has 0 atom stereocenters. The molecule has 0 bridgehead atoms. The van der Waals surface area contributed by atoms with Crippen LogP contribution in [0.5, 0.6) is 11.5 Å². The number of hydrogen-bond acceptors (Lipinski definition) is 10. The van der Waals surface area contributed by atoms with Gasteiger partial charge in [0, 0.05) is 46.1 Å². The number of nitrogens with one attached hydrogen (secondary N) is 2. The Morgan fingerprint density at radius 3 is 1.45 bits per heavy atom. The highest BCUT2D eigenvalue weighted by Gasteiger charge is 2.25. The Morgan fingerprint density at radius 1 is 0.659 bits per heavy atom. The van der Waals surface area contributed by atoms with Gasteiger partial charge in [0.1, 0.15) is 24.7 Å². The summed E-state index contributed by atoms with van der Waals surface area (Å²) in [5.74, 6) is -0.197. The number of rotatable bonds is 16. The zero-order valence-electron chi connectivity index (χ0n) is 25.0. The summed E-state index contributed by atoms with van der Waals surface area (Å²) in [4.78, 5) is 48.2. The number of allylic oxidation sites excluding steroid dienone is 2. The van der Waals surface area contributed by atoms with Gasteiger partial charge in [-0.05, 0) is 26.7 Å². The van der Waals surface area contributed by atoms with E-state index in [0.717, 1.165) is 11.1 Å². The Hall–Kier alpha value is -4.68. The summed E-state index contributed by atoms with van der Waals surface area (Å²) in [5.41, 5.74) is 2.10. The van der Waals surface area contributed by atoms with Crippen molar-refractivity contribution in [1.82, 2.24) is 10.6 Å². The molecule has 44 heavy (non-hydrogen) atoms. The van der Waals surface area contributed by atoms with E-state index in [0.29, 0.717) is 46.3 Å². The minimum Gasteiger partial charge on any atom is -0.460 e. The second-order valence-electron chi connectivity index (χ2n) is 9.73. The van der Waals surface area contributed by atoms with Crippen LogP contribution in [0.25, 0.3) is 10.8 Å². The molecular formula is C32H38N2O10. The van der Waals surface area contributed by atoms with Gasteiger partial charge in [0.15, 0.2) is 0 Å². The molecule has 2 amide bonds. The second-order valence-corrected chi connectivity index (χ2v) is 9.73. The average Bonchev–Trinajstić information content (AvgIpc) is 3.01. The molecule has 0 spiro atoms. The highest BCUT2D eigenvalue weighted by Crippen LogP contribution is 2.43. The maximum atomic E-state index is 12.7. The SMILES string of the molecule is C=C(C)C(=O)OCCOCCNC(=O)Oc1c2c(c(OC(=O)NCCOCCOC(=O)C(=C)C)c3ccccc13)CC=CC2. The van der Waals surface area contributed by atoms with E-state index in [1.807, 2.05) is 24.3 Å². The number of ether oxygens (including phenoxy) is 6. The lowest BCUT2D eigenvalue weighted by Crippen LogP contribution is -2.31. The maximum Gasteiger partial charge on any atom is 0.412 e. The fourth-order valence-corrected chi connectivity index (χ4v) is 4.09. The van der Waals surface area contributed by atoms with Crippen LogP contribution in [-0.2, 0) is 41.4 Å². The first kappa shape index (κ1) is 33.8. The van der Waals surface area contributed by atoms with Crippen LogP contribution in [0.1, 0.15) is 25.0 Å². The predicted molar refractivity (Wildman–Crippen MR) is 162 cm³/mol. The van der Waals surface area contributed by atoms with E-state index in [-0.39, 0.29) is 52.7 Å². The summed E-state index contributed by atoms with van der Waals surface area (Å²) >= 11 is 0. The van der Waals surface area contributed by atoms with Crippen molar-refractivity contribution in [2.24, 2.45) is 0 Å². The molecule has 0 unspecified atom stereocenters. The molecule has 2 aromatic rings. The molecule has 0 aliphatic heterocycles. The van der Waals surface area contributed by atoms with Crippen LogP contribution in [-0.4, -0.2) is 76.9 Å². The molecule has 1 aliphatic carbocycles. The van der Waals surface area contributed by atoms with E-state index in [9.17, 15) is 19.2 Å². The Balaban J connectivity index is 1.56. The van der Waals surface area contributed by atoms with Crippen LogP contribution in [0.3, 0.4) is 0 Å². The average molecular weight is 611 g/mol. The van der Waals surface area contributed by atoms with Crippen LogP contribution in [0.2, 0.25) is 0 Å². The predicted octanol–water partition coefficient (Wildman–Crippen LogP) is 3.94. The van der Waals surface area contributed by atoms with Crippen LogP contribution >= 0.6 is 0 Å². The van der Waals surface area contributed by atoms with Crippen molar-refractivity contribution in [3.8, 4) is 11.5 Å². The van der Waals surface area contributed by atoms with Crippen molar-refractivity contribution in [3.63, 3.8) is 0 Å². The van der Waals surface area contributed by atoms with E-state index in [2.05, 4.69) is 23.8 Å². The summed E-state index contributed by atoms with van der Waals surface area (Å²) in [6.07, 6.45) is 3.57. The van der Waals surface area contributed by atoms with Crippen molar-refractivity contribution in [2.45, 2.75) is 26.7 Å². The minimum absolute atomic E-state index is 0.0801. The van der Waals surface area contributed by atoms with Gasteiger partial charge in [-0.25, -0.2) is 19.2 Å². The van der Waals surface area contributed by atoms with Gasteiger partial charge in [0.05, 0.1) is 26.4 Å². The first-order valence-corrected chi connectivity index (χ1v) is 14.1. The molecular weight excluding hydrogens is 572 g/mol. The molecule has 12 nitrogen and oxygen atoms in total. The molecule has 0 aromatic heterocycles. The fraction of sp³-hybridized carbons (Fsp3) is 0.375. The van der Waals surface area contributed by atoms with Crippen molar-refractivity contribution in [2.75, 3.05) is 52.7 Å². The lowest BCUT2D eigenvalue weighted by atomic mass is 9.90.